The Morgan fingerprint density at radius 2 is 2.27 bits per heavy atom. The summed E-state index contributed by atoms with van der Waals surface area (Å²) in [7, 11) is 0. The van der Waals surface area contributed by atoms with Gasteiger partial charge in [0.1, 0.15) is 5.01 Å². The lowest BCUT2D eigenvalue weighted by molar-refractivity contribution is 0.0545. The number of rotatable bonds is 6. The zero-order chi connectivity index (χ0) is 15.5. The first kappa shape index (κ1) is 15.7. The summed E-state index contributed by atoms with van der Waals surface area (Å²) in [6.45, 7) is 5.84. The van der Waals surface area contributed by atoms with Crippen molar-refractivity contribution in [3.8, 4) is 0 Å². The third-order valence-corrected chi connectivity index (χ3v) is 5.40. The van der Waals surface area contributed by atoms with E-state index in [1.807, 2.05) is 5.38 Å². The smallest absolute Gasteiger partial charge is 0.315 e. The van der Waals surface area contributed by atoms with Crippen LogP contribution in [0.3, 0.4) is 0 Å². The molecule has 22 heavy (non-hydrogen) atoms. The number of amides is 2. The van der Waals surface area contributed by atoms with Crippen molar-refractivity contribution in [3.05, 3.63) is 16.6 Å². The minimum Gasteiger partial charge on any atom is -0.378 e. The highest BCUT2D eigenvalue weighted by molar-refractivity contribution is 7.09. The van der Waals surface area contributed by atoms with Crippen LogP contribution in [0.2, 0.25) is 0 Å². The molecular weight excluding hydrogens is 298 g/mol. The summed E-state index contributed by atoms with van der Waals surface area (Å²) in [5.41, 5.74) is 0. The van der Waals surface area contributed by atoms with Gasteiger partial charge in [0.2, 0.25) is 0 Å². The van der Waals surface area contributed by atoms with E-state index in [-0.39, 0.29) is 18.2 Å². The number of hydrogen-bond acceptors (Lipinski definition) is 4. The molecular formula is C16H25N3O2S. The number of carbonyl (C=O) groups excluding carboxylic acids is 1. The summed E-state index contributed by atoms with van der Waals surface area (Å²) in [5, 5.41) is 9.12. The summed E-state index contributed by atoms with van der Waals surface area (Å²) < 4.78 is 5.77. The van der Waals surface area contributed by atoms with Gasteiger partial charge in [-0.05, 0) is 31.1 Å². The van der Waals surface area contributed by atoms with E-state index in [0.29, 0.717) is 24.3 Å². The highest BCUT2D eigenvalue weighted by atomic mass is 32.1. The van der Waals surface area contributed by atoms with Crippen LogP contribution in [0.5, 0.6) is 0 Å². The fourth-order valence-electron chi connectivity index (χ4n) is 3.23. The van der Waals surface area contributed by atoms with Gasteiger partial charge >= 0.3 is 6.03 Å². The van der Waals surface area contributed by atoms with Crippen LogP contribution in [0, 0.1) is 17.8 Å². The van der Waals surface area contributed by atoms with Crippen molar-refractivity contribution in [1.29, 1.82) is 0 Å². The molecule has 0 radical (unpaired) electrons. The summed E-state index contributed by atoms with van der Waals surface area (Å²) in [6.07, 6.45) is 5.45. The molecule has 1 aliphatic carbocycles. The Morgan fingerprint density at radius 1 is 1.45 bits per heavy atom. The van der Waals surface area contributed by atoms with Crippen molar-refractivity contribution >= 4 is 17.4 Å². The summed E-state index contributed by atoms with van der Waals surface area (Å²) >= 11 is 1.62. The fraction of sp³-hybridized carbons (Fsp3) is 0.750. The number of thiazole rings is 1. The Hall–Kier alpha value is -1.14. The third kappa shape index (κ3) is 3.79. The van der Waals surface area contributed by atoms with Crippen molar-refractivity contribution in [2.24, 2.45) is 17.8 Å². The van der Waals surface area contributed by atoms with Crippen LogP contribution in [0.4, 0.5) is 4.79 Å². The zero-order valence-electron chi connectivity index (χ0n) is 13.2. The predicted molar refractivity (Wildman–Crippen MR) is 86.8 cm³/mol. The largest absolute Gasteiger partial charge is 0.378 e. The Kier molecular flexibility index (Phi) is 4.98. The molecule has 0 spiro atoms. The van der Waals surface area contributed by atoms with Crippen LogP contribution in [0.15, 0.2) is 11.6 Å². The number of ether oxygens (including phenoxy) is 1. The van der Waals surface area contributed by atoms with E-state index in [9.17, 15) is 4.79 Å². The molecule has 1 saturated carbocycles. The molecule has 2 aliphatic rings. The average Bonchev–Trinajstić information content (AvgIpc) is 3.01. The van der Waals surface area contributed by atoms with Crippen molar-refractivity contribution in [2.45, 2.75) is 45.3 Å². The highest BCUT2D eigenvalue weighted by Crippen LogP contribution is 2.41. The molecule has 1 saturated heterocycles. The summed E-state index contributed by atoms with van der Waals surface area (Å²) in [4.78, 5) is 16.6. The molecule has 6 heteroatoms. The molecule has 2 N–H and O–H groups in total. The van der Waals surface area contributed by atoms with Crippen LogP contribution < -0.4 is 10.6 Å². The second-order valence-electron chi connectivity index (χ2n) is 6.67. The van der Waals surface area contributed by atoms with E-state index >= 15 is 0 Å². The number of nitrogens with one attached hydrogen (secondary N) is 2. The molecule has 2 amide bonds. The monoisotopic (exact) mass is 323 g/mol. The molecule has 0 unspecified atom stereocenters. The third-order valence-electron chi connectivity index (χ3n) is 4.54. The van der Waals surface area contributed by atoms with Gasteiger partial charge in [0.25, 0.3) is 0 Å². The van der Waals surface area contributed by atoms with Gasteiger partial charge in [-0.1, -0.05) is 13.8 Å². The van der Waals surface area contributed by atoms with E-state index in [0.717, 1.165) is 18.0 Å². The van der Waals surface area contributed by atoms with E-state index in [2.05, 4.69) is 29.5 Å². The van der Waals surface area contributed by atoms with Gasteiger partial charge in [-0.25, -0.2) is 9.78 Å². The van der Waals surface area contributed by atoms with Crippen LogP contribution in [-0.2, 0) is 4.74 Å². The van der Waals surface area contributed by atoms with Gasteiger partial charge in [0, 0.05) is 30.6 Å². The second kappa shape index (κ2) is 6.96. The van der Waals surface area contributed by atoms with Crippen molar-refractivity contribution < 1.29 is 9.53 Å². The Morgan fingerprint density at radius 3 is 2.91 bits per heavy atom. The van der Waals surface area contributed by atoms with E-state index in [1.54, 1.807) is 17.5 Å². The zero-order valence-corrected chi connectivity index (χ0v) is 14.1. The first-order chi connectivity index (χ1) is 10.6. The Balaban J connectivity index is 1.49. The molecule has 0 aromatic carbocycles. The number of nitrogens with zero attached hydrogens (tertiary/aromatic N) is 1. The maximum atomic E-state index is 12.2. The van der Waals surface area contributed by atoms with E-state index in [4.69, 9.17) is 4.74 Å². The van der Waals surface area contributed by atoms with Crippen LogP contribution in [-0.4, -0.2) is 30.3 Å². The normalized spacial score (nSPS) is 26.1. The standard InChI is InChI=1S/C16H25N3O2S/c1-10(2)14-12(5-7-21-14)9-18-16(20)19-13(11-3-4-11)15-17-6-8-22-15/h6,8,10-14H,3-5,7,9H2,1-2H3,(H2,18,19,20)/t12-,13+,14-/m0/s1. The number of aromatic nitrogens is 1. The van der Waals surface area contributed by atoms with E-state index in [1.165, 1.54) is 12.8 Å². The van der Waals surface area contributed by atoms with Gasteiger partial charge in [-0.2, -0.15) is 0 Å². The topological polar surface area (TPSA) is 63.2 Å². The fourth-order valence-corrected chi connectivity index (χ4v) is 4.01. The molecule has 5 nitrogen and oxygen atoms in total. The number of urea groups is 1. The SMILES string of the molecule is CC(C)[C@@H]1OCC[C@H]1CNC(=O)N[C@@H](c1nccs1)C1CC1. The van der Waals surface area contributed by atoms with Gasteiger partial charge in [0.15, 0.2) is 0 Å². The molecule has 1 aromatic heterocycles. The van der Waals surface area contributed by atoms with Crippen LogP contribution in [0.25, 0.3) is 0 Å². The molecule has 1 aliphatic heterocycles. The highest BCUT2D eigenvalue weighted by Gasteiger charge is 2.35. The minimum atomic E-state index is -0.0819. The molecule has 122 valence electrons. The average molecular weight is 323 g/mol. The second-order valence-corrected chi connectivity index (χ2v) is 7.59. The first-order valence-corrected chi connectivity index (χ1v) is 9.08. The lowest BCUT2D eigenvalue weighted by Crippen LogP contribution is -2.42. The van der Waals surface area contributed by atoms with Crippen molar-refractivity contribution in [2.75, 3.05) is 13.2 Å². The summed E-state index contributed by atoms with van der Waals surface area (Å²) in [5.74, 6) is 1.46. The van der Waals surface area contributed by atoms with Crippen LogP contribution in [0.1, 0.15) is 44.2 Å². The van der Waals surface area contributed by atoms with Gasteiger partial charge in [0.05, 0.1) is 12.1 Å². The molecule has 3 rings (SSSR count). The van der Waals surface area contributed by atoms with Gasteiger partial charge < -0.3 is 15.4 Å². The minimum absolute atomic E-state index is 0.0701. The maximum absolute atomic E-state index is 12.2. The lowest BCUT2D eigenvalue weighted by atomic mass is 9.93. The number of hydrogen-bond donors (Lipinski definition) is 2. The molecule has 1 aromatic rings. The van der Waals surface area contributed by atoms with Crippen molar-refractivity contribution in [3.63, 3.8) is 0 Å². The predicted octanol–water partition coefficient (Wildman–Crippen LogP) is 2.95. The van der Waals surface area contributed by atoms with Crippen molar-refractivity contribution in [1.82, 2.24) is 15.6 Å². The van der Waals surface area contributed by atoms with Crippen LogP contribution >= 0.6 is 11.3 Å². The first-order valence-electron chi connectivity index (χ1n) is 8.20. The summed E-state index contributed by atoms with van der Waals surface area (Å²) in [6, 6.07) is -0.0118. The number of carbonyl (C=O) groups is 1. The molecule has 2 fully saturated rings. The maximum Gasteiger partial charge on any atom is 0.315 e. The Bertz CT molecular complexity index is 488. The lowest BCUT2D eigenvalue weighted by Gasteiger charge is -2.23. The quantitative estimate of drug-likeness (QED) is 0.846. The van der Waals surface area contributed by atoms with E-state index < -0.39 is 0 Å². The molecule has 0 bridgehead atoms. The van der Waals surface area contributed by atoms with Gasteiger partial charge in [-0.3, -0.25) is 0 Å². The van der Waals surface area contributed by atoms with Gasteiger partial charge in [-0.15, -0.1) is 11.3 Å². The Labute approximate surface area is 135 Å². The molecule has 2 heterocycles. The molecule has 3 atom stereocenters.